The molecule has 5 heteroatoms. The second kappa shape index (κ2) is 7.12. The maximum atomic E-state index is 5.01. The van der Waals surface area contributed by atoms with Crippen LogP contribution in [-0.2, 0) is 26.2 Å². The molecule has 0 radical (unpaired) electrons. The molecule has 0 aromatic heterocycles. The third-order valence-corrected chi connectivity index (χ3v) is 8.70. The van der Waals surface area contributed by atoms with Gasteiger partial charge in [-0.2, -0.15) is 0 Å². The molecule has 1 nitrogen and oxygen atoms in total. The van der Waals surface area contributed by atoms with Gasteiger partial charge in [-0.25, -0.2) is 4.99 Å². The van der Waals surface area contributed by atoms with Gasteiger partial charge in [-0.05, 0) is 34.0 Å². The normalized spacial score (nSPS) is 20.6. The molecular formula is C20H17Cl2NSiZr. The molecule has 5 rings (SSSR count). The van der Waals surface area contributed by atoms with Gasteiger partial charge in [0.05, 0.1) is 11.4 Å². The summed E-state index contributed by atoms with van der Waals surface area (Å²) in [4.78, 5) is 5.01. The SMILES string of the molecule is C[Si]1(C)C2=C(C3=CC=CC3)C=C3N=C(c4ccccc4)C1=C32.[Cl-].[Cl-].[Zr+2]. The van der Waals surface area contributed by atoms with Crippen LogP contribution in [0.15, 0.2) is 92.4 Å². The Morgan fingerprint density at radius 2 is 1.72 bits per heavy atom. The quantitative estimate of drug-likeness (QED) is 0.485. The van der Waals surface area contributed by atoms with Gasteiger partial charge in [-0.1, -0.05) is 61.7 Å². The predicted molar refractivity (Wildman–Crippen MR) is 94.4 cm³/mol. The fourth-order valence-corrected chi connectivity index (χ4v) is 7.72. The molecule has 1 aromatic rings. The van der Waals surface area contributed by atoms with Gasteiger partial charge in [0.1, 0.15) is 8.07 Å². The van der Waals surface area contributed by atoms with Gasteiger partial charge >= 0.3 is 26.2 Å². The fourth-order valence-electron chi connectivity index (χ4n) is 4.21. The van der Waals surface area contributed by atoms with Crippen molar-refractivity contribution < 1.29 is 51.0 Å². The Kier molecular flexibility index (Phi) is 5.86. The molecule has 2 aliphatic heterocycles. The van der Waals surface area contributed by atoms with Crippen molar-refractivity contribution >= 4 is 13.8 Å². The number of benzene rings is 1. The predicted octanol–water partition coefficient (Wildman–Crippen LogP) is -1.33. The van der Waals surface area contributed by atoms with Crippen LogP contribution < -0.4 is 24.8 Å². The second-order valence-electron chi connectivity index (χ2n) is 6.84. The van der Waals surface area contributed by atoms with Crippen molar-refractivity contribution in [3.63, 3.8) is 0 Å². The standard InChI is InChI=1S/C20H17NSi.2ClH.Zr/c1-22(2)19-15(13-8-6-7-9-13)12-16-17(19)20(22)18(21-16)14-10-4-3-5-11-14;;;/h3-8,10-12H,9H2,1-2H3;2*1H;/q;;;+2/p-2. The third-order valence-electron chi connectivity index (χ3n) is 5.19. The molecule has 0 N–H and O–H groups in total. The van der Waals surface area contributed by atoms with E-state index < -0.39 is 8.07 Å². The van der Waals surface area contributed by atoms with E-state index in [2.05, 4.69) is 67.7 Å². The van der Waals surface area contributed by atoms with E-state index in [1.54, 1.807) is 10.4 Å². The molecule has 0 saturated heterocycles. The number of allylic oxidation sites excluding steroid dienone is 8. The Hall–Kier alpha value is -0.730. The Balaban J connectivity index is 0.000000751. The van der Waals surface area contributed by atoms with E-state index in [4.69, 9.17) is 4.99 Å². The zero-order chi connectivity index (χ0) is 14.9. The van der Waals surface area contributed by atoms with Crippen LogP contribution in [0.2, 0.25) is 13.1 Å². The molecule has 0 amide bonds. The summed E-state index contributed by atoms with van der Waals surface area (Å²) in [5, 5.41) is 3.21. The average Bonchev–Trinajstić information content (AvgIpc) is 3.19. The van der Waals surface area contributed by atoms with Crippen molar-refractivity contribution in [1.82, 2.24) is 0 Å². The molecule has 0 unspecified atom stereocenters. The van der Waals surface area contributed by atoms with Crippen LogP contribution in [0.5, 0.6) is 0 Å². The van der Waals surface area contributed by atoms with Gasteiger partial charge in [0, 0.05) is 11.1 Å². The number of nitrogens with zero attached hydrogens (tertiary/aromatic N) is 1. The molecular weight excluding hydrogens is 444 g/mol. The number of rotatable bonds is 2. The van der Waals surface area contributed by atoms with Crippen molar-refractivity contribution in [1.29, 1.82) is 0 Å². The zero-order valence-corrected chi connectivity index (χ0v) is 19.1. The maximum Gasteiger partial charge on any atom is 2.00 e. The molecule has 2 aliphatic carbocycles. The van der Waals surface area contributed by atoms with Crippen molar-refractivity contribution in [2.24, 2.45) is 4.99 Å². The van der Waals surface area contributed by atoms with Crippen LogP contribution in [0.4, 0.5) is 0 Å². The first-order valence-corrected chi connectivity index (χ1v) is 10.9. The van der Waals surface area contributed by atoms with E-state index in [1.807, 2.05) is 0 Å². The summed E-state index contributed by atoms with van der Waals surface area (Å²) in [5.41, 5.74) is 8.13. The number of hydrogen-bond acceptors (Lipinski definition) is 1. The van der Waals surface area contributed by atoms with Gasteiger partial charge in [-0.3, -0.25) is 0 Å². The van der Waals surface area contributed by atoms with E-state index in [9.17, 15) is 0 Å². The molecule has 0 fully saturated rings. The van der Waals surface area contributed by atoms with Crippen LogP contribution in [0.1, 0.15) is 12.0 Å². The topological polar surface area (TPSA) is 12.4 Å². The summed E-state index contributed by atoms with van der Waals surface area (Å²) in [6.07, 6.45) is 10.1. The molecule has 0 saturated carbocycles. The summed E-state index contributed by atoms with van der Waals surface area (Å²) < 4.78 is 0. The first kappa shape index (κ1) is 20.6. The van der Waals surface area contributed by atoms with E-state index in [-0.39, 0.29) is 51.0 Å². The van der Waals surface area contributed by atoms with Gasteiger partial charge in [0.25, 0.3) is 0 Å². The Labute approximate surface area is 181 Å². The first-order valence-electron chi connectivity index (χ1n) is 7.90. The molecule has 2 heterocycles. The van der Waals surface area contributed by atoms with Crippen molar-refractivity contribution in [3.05, 3.63) is 93.0 Å². The number of aliphatic imine (C=N–C) groups is 1. The molecule has 0 bridgehead atoms. The number of halogens is 2. The van der Waals surface area contributed by atoms with E-state index in [1.165, 1.54) is 33.7 Å². The number of hydrogen-bond donors (Lipinski definition) is 0. The zero-order valence-electron chi connectivity index (χ0n) is 14.1. The molecule has 1 aromatic carbocycles. The summed E-state index contributed by atoms with van der Waals surface area (Å²) in [5.74, 6) is 0. The molecule has 25 heavy (non-hydrogen) atoms. The van der Waals surface area contributed by atoms with Crippen molar-refractivity contribution in [2.45, 2.75) is 19.5 Å². The van der Waals surface area contributed by atoms with Crippen LogP contribution >= 0.6 is 0 Å². The minimum Gasteiger partial charge on any atom is -1.00 e. The summed E-state index contributed by atoms with van der Waals surface area (Å²) in [7, 11) is -1.54. The van der Waals surface area contributed by atoms with Crippen LogP contribution in [0.25, 0.3) is 0 Å². The van der Waals surface area contributed by atoms with E-state index in [0.717, 1.165) is 6.42 Å². The monoisotopic (exact) mass is 459 g/mol. The van der Waals surface area contributed by atoms with Gasteiger partial charge in [0.2, 0.25) is 0 Å². The van der Waals surface area contributed by atoms with Crippen molar-refractivity contribution in [3.8, 4) is 0 Å². The second-order valence-corrected chi connectivity index (χ2v) is 11.1. The Bertz CT molecular complexity index is 918. The minimum absolute atomic E-state index is 0. The summed E-state index contributed by atoms with van der Waals surface area (Å²) in [6.45, 7) is 4.95. The first-order chi connectivity index (χ1) is 10.7. The van der Waals surface area contributed by atoms with Crippen molar-refractivity contribution in [2.75, 3.05) is 0 Å². The smallest absolute Gasteiger partial charge is 1.00 e. The Morgan fingerprint density at radius 3 is 2.36 bits per heavy atom. The van der Waals surface area contributed by atoms with E-state index >= 15 is 0 Å². The molecule has 4 aliphatic rings. The average molecular weight is 462 g/mol. The summed E-state index contributed by atoms with van der Waals surface area (Å²) >= 11 is 0. The molecule has 0 atom stereocenters. The summed E-state index contributed by atoms with van der Waals surface area (Å²) in [6, 6.07) is 10.7. The Morgan fingerprint density at radius 1 is 1.00 bits per heavy atom. The van der Waals surface area contributed by atoms with Crippen LogP contribution in [0, 0.1) is 0 Å². The van der Waals surface area contributed by atoms with Gasteiger partial charge in [0.15, 0.2) is 0 Å². The molecule has 124 valence electrons. The third kappa shape index (κ3) is 2.72. The minimum atomic E-state index is -1.54. The van der Waals surface area contributed by atoms with Gasteiger partial charge < -0.3 is 24.8 Å². The van der Waals surface area contributed by atoms with Crippen LogP contribution in [0.3, 0.4) is 0 Å². The van der Waals surface area contributed by atoms with Gasteiger partial charge in [-0.15, -0.1) is 0 Å². The molecule has 0 spiro atoms. The van der Waals surface area contributed by atoms with E-state index in [0.29, 0.717) is 0 Å². The fraction of sp³-hybridized carbons (Fsp3) is 0.150. The largest absolute Gasteiger partial charge is 2.00 e. The van der Waals surface area contributed by atoms with Crippen LogP contribution in [-0.4, -0.2) is 13.8 Å². The maximum absolute atomic E-state index is 5.01.